The van der Waals surface area contributed by atoms with Crippen LogP contribution in [0.25, 0.3) is 10.8 Å². The maximum absolute atomic E-state index is 8.25. The smallest absolute Gasteiger partial charge is 0.0809 e. The third-order valence-corrected chi connectivity index (χ3v) is 6.46. The van der Waals surface area contributed by atoms with Crippen LogP contribution in [0.1, 0.15) is 0 Å². The molecule has 1 radical (unpaired) electrons. The van der Waals surface area contributed by atoms with Crippen molar-refractivity contribution in [3.8, 4) is 0 Å². The zero-order valence-electron chi connectivity index (χ0n) is 13.6. The van der Waals surface area contributed by atoms with Crippen LogP contribution in [0.15, 0.2) is 42.5 Å². The fourth-order valence-corrected chi connectivity index (χ4v) is 5.33. The largest absolute Gasteiger partial charge is 0.168 e. The van der Waals surface area contributed by atoms with E-state index < -0.39 is 17.6 Å². The molecule has 0 spiro atoms. The van der Waals surface area contributed by atoms with Crippen LogP contribution in [0.4, 0.5) is 0 Å². The average molecular weight is 415 g/mol. The summed E-state index contributed by atoms with van der Waals surface area (Å²) in [6.07, 6.45) is 0. The van der Waals surface area contributed by atoms with Crippen LogP contribution in [0.2, 0.25) is 26.2 Å². The monoisotopic (exact) mass is 414 g/mol. The predicted octanol–water partition coefficient (Wildman–Crippen LogP) is 4.88. The molecular formula is C14H24Cl2O3Si2Ti. The van der Waals surface area contributed by atoms with E-state index in [9.17, 15) is 0 Å². The Hall–Kier alpha value is 0.278. The molecule has 0 saturated carbocycles. The first-order chi connectivity index (χ1) is 9.42. The Morgan fingerprint density at radius 3 is 2.05 bits per heavy atom. The fourth-order valence-electron chi connectivity index (χ4n) is 1.54. The van der Waals surface area contributed by atoms with Gasteiger partial charge >= 0.3 is 33.0 Å². The van der Waals surface area contributed by atoms with Crippen LogP contribution < -0.4 is 0 Å². The minimum absolute atomic E-state index is 0. The first-order valence-corrected chi connectivity index (χ1v) is 12.2. The standard InChI is InChI=1S/C9H7.C5H15O2Si2.2ClH.O.Ti/c1-2-5-9-7-3-6-8(9)4-1;1-6-8(2)7-9(3,4)5;;;;/h1-7H;1-5H3;2*1H;;/q-1;;;;;+1. The predicted molar refractivity (Wildman–Crippen MR) is 97.8 cm³/mol. The summed E-state index contributed by atoms with van der Waals surface area (Å²) in [5.41, 5.74) is 0. The molecule has 8 heteroatoms. The van der Waals surface area contributed by atoms with Crippen molar-refractivity contribution in [2.75, 3.05) is 7.11 Å². The molecule has 0 heterocycles. The zero-order chi connectivity index (χ0) is 15.6. The van der Waals surface area contributed by atoms with Crippen molar-refractivity contribution in [3.63, 3.8) is 0 Å². The van der Waals surface area contributed by atoms with Crippen molar-refractivity contribution >= 4 is 53.2 Å². The van der Waals surface area contributed by atoms with Gasteiger partial charge in [-0.3, -0.25) is 0 Å². The van der Waals surface area contributed by atoms with Gasteiger partial charge in [-0.1, -0.05) is 6.07 Å². The number of benzene rings is 1. The van der Waals surface area contributed by atoms with E-state index in [1.54, 1.807) is 7.11 Å². The SMILES string of the molecule is CO[Si](C)O[Si](C)(C)C.Cl.Cl.[O]=[Ti+].c1ccc2[cH-]ccc2c1. The second kappa shape index (κ2) is 14.8. The number of hydrogen-bond donors (Lipinski definition) is 0. The molecule has 0 N–H and O–H groups in total. The van der Waals surface area contributed by atoms with Gasteiger partial charge in [0.25, 0.3) is 0 Å². The van der Waals surface area contributed by atoms with E-state index in [-0.39, 0.29) is 24.8 Å². The van der Waals surface area contributed by atoms with E-state index in [1.807, 2.05) is 6.55 Å². The number of rotatable bonds is 3. The third-order valence-electron chi connectivity index (χ3n) is 2.28. The van der Waals surface area contributed by atoms with Gasteiger partial charge in [0, 0.05) is 7.11 Å². The molecule has 0 unspecified atom stereocenters. The van der Waals surface area contributed by atoms with Gasteiger partial charge in [-0.15, -0.1) is 54.5 Å². The van der Waals surface area contributed by atoms with Gasteiger partial charge in [0.15, 0.2) is 8.32 Å². The Morgan fingerprint density at radius 2 is 1.64 bits per heavy atom. The summed E-state index contributed by atoms with van der Waals surface area (Å²) in [4.78, 5) is 0. The van der Waals surface area contributed by atoms with Crippen molar-refractivity contribution in [1.29, 1.82) is 0 Å². The topological polar surface area (TPSA) is 35.5 Å². The Morgan fingerprint density at radius 1 is 1.09 bits per heavy atom. The molecule has 2 aromatic rings. The first kappa shape index (κ1) is 27.1. The summed E-state index contributed by atoms with van der Waals surface area (Å²) in [5, 5.41) is 2.66. The van der Waals surface area contributed by atoms with Crippen LogP contribution >= 0.6 is 24.8 Å². The Bertz CT molecular complexity index is 462. The summed E-state index contributed by atoms with van der Waals surface area (Å²) >= 11 is 0.750. The summed E-state index contributed by atoms with van der Waals surface area (Å²) < 4.78 is 18.9. The fraction of sp³-hybridized carbons (Fsp3) is 0.357. The molecule has 2 rings (SSSR count). The van der Waals surface area contributed by atoms with Gasteiger partial charge in [-0.05, 0) is 26.2 Å². The van der Waals surface area contributed by atoms with Gasteiger partial charge in [0.05, 0.1) is 0 Å². The summed E-state index contributed by atoms with van der Waals surface area (Å²) in [6, 6.07) is 14.7. The molecule has 124 valence electrons. The quantitative estimate of drug-likeness (QED) is 0.530. The number of halogens is 2. The van der Waals surface area contributed by atoms with E-state index in [4.69, 9.17) is 11.9 Å². The molecule has 0 fully saturated rings. The molecule has 0 atom stereocenters. The molecule has 0 aliphatic heterocycles. The van der Waals surface area contributed by atoms with Crippen LogP contribution in [0, 0.1) is 0 Å². The second-order valence-corrected chi connectivity index (χ2v) is 11.5. The van der Waals surface area contributed by atoms with Gasteiger partial charge in [0.2, 0.25) is 0 Å². The molecule has 3 nitrogen and oxygen atoms in total. The molecule has 0 amide bonds. The van der Waals surface area contributed by atoms with Crippen LogP contribution in [0.5, 0.6) is 0 Å². The van der Waals surface area contributed by atoms with Crippen molar-refractivity contribution in [1.82, 2.24) is 0 Å². The third kappa shape index (κ3) is 12.8. The molecule has 0 aliphatic rings. The van der Waals surface area contributed by atoms with Crippen molar-refractivity contribution in [2.45, 2.75) is 26.2 Å². The van der Waals surface area contributed by atoms with Crippen molar-refractivity contribution < 1.29 is 32.3 Å². The van der Waals surface area contributed by atoms with E-state index >= 15 is 0 Å². The first-order valence-electron chi connectivity index (χ1n) is 6.30. The molecule has 0 bridgehead atoms. The second-order valence-electron chi connectivity index (χ2n) is 5.06. The van der Waals surface area contributed by atoms with Crippen LogP contribution in [-0.2, 0) is 32.3 Å². The zero-order valence-corrected chi connectivity index (χ0v) is 18.8. The molecule has 0 aliphatic carbocycles. The van der Waals surface area contributed by atoms with E-state index in [1.165, 1.54) is 10.8 Å². The van der Waals surface area contributed by atoms with Crippen molar-refractivity contribution in [2.24, 2.45) is 0 Å². The minimum atomic E-state index is -1.32. The Labute approximate surface area is 160 Å². The summed E-state index contributed by atoms with van der Waals surface area (Å²) in [7, 11) is -0.543. The molecule has 2 aromatic carbocycles. The molecule has 0 saturated heterocycles. The van der Waals surface area contributed by atoms with Crippen molar-refractivity contribution in [3.05, 3.63) is 42.5 Å². The van der Waals surface area contributed by atoms with E-state index in [0.29, 0.717) is 0 Å². The minimum Gasteiger partial charge on any atom is -0.168 e. The van der Waals surface area contributed by atoms with Gasteiger partial charge in [-0.2, -0.15) is 17.5 Å². The van der Waals surface area contributed by atoms with Gasteiger partial charge < -0.3 is 8.54 Å². The molecule has 22 heavy (non-hydrogen) atoms. The maximum Gasteiger partial charge on any atom is -0.0809 e. The number of hydrogen-bond acceptors (Lipinski definition) is 3. The molecular weight excluding hydrogens is 391 g/mol. The average Bonchev–Trinajstić information content (AvgIpc) is 2.88. The van der Waals surface area contributed by atoms with Crippen LogP contribution in [0.3, 0.4) is 0 Å². The summed E-state index contributed by atoms with van der Waals surface area (Å²) in [5.74, 6) is 0. The Kier molecular flexibility index (Phi) is 18.3. The summed E-state index contributed by atoms with van der Waals surface area (Å²) in [6.45, 7) is 8.52. The molecule has 0 aromatic heterocycles. The van der Waals surface area contributed by atoms with E-state index in [0.717, 1.165) is 20.4 Å². The normalized spacial score (nSPS) is 9.64. The van der Waals surface area contributed by atoms with Gasteiger partial charge in [-0.25, -0.2) is 0 Å². The van der Waals surface area contributed by atoms with E-state index in [2.05, 4.69) is 62.1 Å². The maximum atomic E-state index is 8.25. The number of fused-ring (bicyclic) bond motifs is 1. The van der Waals surface area contributed by atoms with Gasteiger partial charge in [0.1, 0.15) is 0 Å². The van der Waals surface area contributed by atoms with Crippen LogP contribution in [-0.4, -0.2) is 24.7 Å². The Balaban J connectivity index is -0.000000273.